The van der Waals surface area contributed by atoms with Gasteiger partial charge in [-0.25, -0.2) is 4.98 Å². The monoisotopic (exact) mass is 333 g/mol. The topological polar surface area (TPSA) is 46.9 Å². The molecule has 4 nitrogen and oxygen atoms in total. The summed E-state index contributed by atoms with van der Waals surface area (Å²) in [4.78, 5) is 16.4. The molecule has 2 atom stereocenters. The Morgan fingerprint density at radius 1 is 1.04 bits per heavy atom. The zero-order valence-corrected chi connectivity index (χ0v) is 14.6. The fourth-order valence-corrected chi connectivity index (χ4v) is 2.91. The van der Waals surface area contributed by atoms with Crippen molar-refractivity contribution in [2.24, 2.45) is 0 Å². The minimum absolute atomic E-state index is 0.0210. The van der Waals surface area contributed by atoms with E-state index >= 15 is 0 Å². The summed E-state index contributed by atoms with van der Waals surface area (Å²) in [5, 5.41) is 3.09. The van der Waals surface area contributed by atoms with Gasteiger partial charge in [0.25, 0.3) is 0 Å². The van der Waals surface area contributed by atoms with Crippen molar-refractivity contribution < 1.29 is 4.79 Å². The molecule has 0 saturated heterocycles. The second kappa shape index (κ2) is 7.79. The van der Waals surface area contributed by atoms with E-state index in [4.69, 9.17) is 0 Å². The van der Waals surface area contributed by atoms with Crippen LogP contribution in [0.4, 0.5) is 0 Å². The van der Waals surface area contributed by atoms with Crippen LogP contribution < -0.4 is 5.32 Å². The summed E-state index contributed by atoms with van der Waals surface area (Å²) in [6, 6.07) is 18.3. The Balaban J connectivity index is 1.58. The average molecular weight is 333 g/mol. The Bertz CT molecular complexity index is 795. The Morgan fingerprint density at radius 2 is 1.76 bits per heavy atom. The summed E-state index contributed by atoms with van der Waals surface area (Å²) < 4.78 is 1.95. The van der Waals surface area contributed by atoms with E-state index in [9.17, 15) is 4.79 Å². The largest absolute Gasteiger partial charge is 0.350 e. The molecule has 1 amide bonds. The second-order valence-corrected chi connectivity index (χ2v) is 6.37. The number of aromatic nitrogens is 2. The number of carbonyl (C=O) groups excluding carboxylic acids is 1. The van der Waals surface area contributed by atoms with Gasteiger partial charge in [0.1, 0.15) is 0 Å². The lowest BCUT2D eigenvalue weighted by atomic mass is 9.97. The van der Waals surface area contributed by atoms with Crippen LogP contribution in [0.3, 0.4) is 0 Å². The number of rotatable bonds is 6. The molecule has 1 N–H and O–H groups in total. The third kappa shape index (κ3) is 4.35. The van der Waals surface area contributed by atoms with E-state index in [1.165, 1.54) is 5.56 Å². The lowest BCUT2D eigenvalue weighted by molar-refractivity contribution is -0.122. The molecule has 0 radical (unpaired) electrons. The molecule has 0 bridgehead atoms. The molecule has 0 fully saturated rings. The van der Waals surface area contributed by atoms with Crippen molar-refractivity contribution in [3.63, 3.8) is 0 Å². The van der Waals surface area contributed by atoms with Crippen LogP contribution in [-0.4, -0.2) is 15.5 Å². The first-order chi connectivity index (χ1) is 12.1. The highest BCUT2D eigenvalue weighted by Crippen LogP contribution is 2.20. The molecular formula is C21H23N3O. The molecule has 25 heavy (non-hydrogen) atoms. The van der Waals surface area contributed by atoms with Gasteiger partial charge in [0.15, 0.2) is 0 Å². The van der Waals surface area contributed by atoms with Crippen molar-refractivity contribution in [1.82, 2.24) is 14.9 Å². The third-order valence-electron chi connectivity index (χ3n) is 4.43. The van der Waals surface area contributed by atoms with Gasteiger partial charge in [0.05, 0.1) is 12.4 Å². The lowest BCUT2D eigenvalue weighted by Gasteiger charge is -2.17. The molecule has 0 aliphatic rings. The van der Waals surface area contributed by atoms with Gasteiger partial charge >= 0.3 is 0 Å². The highest BCUT2D eigenvalue weighted by Gasteiger charge is 2.14. The summed E-state index contributed by atoms with van der Waals surface area (Å²) in [5.41, 5.74) is 3.33. The van der Waals surface area contributed by atoms with Crippen molar-refractivity contribution in [3.05, 3.63) is 84.4 Å². The zero-order valence-electron chi connectivity index (χ0n) is 14.6. The smallest absolute Gasteiger partial charge is 0.221 e. The Hall–Kier alpha value is -2.88. The Morgan fingerprint density at radius 3 is 2.40 bits per heavy atom. The summed E-state index contributed by atoms with van der Waals surface area (Å²) in [6.45, 7) is 4.09. The summed E-state index contributed by atoms with van der Waals surface area (Å²) in [5.74, 6) is 0.277. The van der Waals surface area contributed by atoms with E-state index in [2.05, 4.69) is 29.4 Å². The fraction of sp³-hybridized carbons (Fsp3) is 0.238. The van der Waals surface area contributed by atoms with Crippen LogP contribution in [0.2, 0.25) is 0 Å². The van der Waals surface area contributed by atoms with E-state index < -0.39 is 0 Å². The molecule has 3 aromatic rings. The lowest BCUT2D eigenvalue weighted by Crippen LogP contribution is -2.27. The summed E-state index contributed by atoms with van der Waals surface area (Å²) in [6.07, 6.45) is 5.92. The average Bonchev–Trinajstić information content (AvgIpc) is 3.17. The maximum atomic E-state index is 12.3. The van der Waals surface area contributed by atoms with Crippen LogP contribution in [0, 0.1) is 0 Å². The number of benzene rings is 2. The number of imidazole rings is 1. The molecule has 4 heteroatoms. The first kappa shape index (κ1) is 17.0. The van der Waals surface area contributed by atoms with Crippen molar-refractivity contribution in [2.75, 3.05) is 0 Å². The van der Waals surface area contributed by atoms with Crippen LogP contribution >= 0.6 is 0 Å². The highest BCUT2D eigenvalue weighted by atomic mass is 16.1. The molecule has 128 valence electrons. The number of amides is 1. The van der Waals surface area contributed by atoms with Gasteiger partial charge in [-0.1, -0.05) is 49.4 Å². The van der Waals surface area contributed by atoms with Gasteiger partial charge in [0.2, 0.25) is 5.91 Å². The number of nitrogens with one attached hydrogen (secondary N) is 1. The molecule has 1 aromatic heterocycles. The quantitative estimate of drug-likeness (QED) is 0.733. The maximum absolute atomic E-state index is 12.3. The molecule has 0 aliphatic carbocycles. The summed E-state index contributed by atoms with van der Waals surface area (Å²) >= 11 is 0. The summed E-state index contributed by atoms with van der Waals surface area (Å²) in [7, 11) is 0. The first-order valence-corrected chi connectivity index (χ1v) is 8.56. The number of carbonyl (C=O) groups is 1. The molecule has 0 saturated carbocycles. The standard InChI is InChI=1S/C21H23N3O/c1-16(18-6-4-3-5-7-18)14-21(25)23-17(2)19-8-10-20(11-9-19)24-13-12-22-15-24/h3-13,15-17H,14H2,1-2H3,(H,23,25). The normalized spacial score (nSPS) is 13.2. The predicted molar refractivity (Wildman–Crippen MR) is 99.6 cm³/mol. The second-order valence-electron chi connectivity index (χ2n) is 6.37. The van der Waals surface area contributed by atoms with Crippen molar-refractivity contribution >= 4 is 5.91 Å². The van der Waals surface area contributed by atoms with Crippen LogP contribution in [-0.2, 0) is 4.79 Å². The zero-order chi connectivity index (χ0) is 17.6. The number of nitrogens with zero attached hydrogens (tertiary/aromatic N) is 2. The van der Waals surface area contributed by atoms with E-state index in [0.717, 1.165) is 11.3 Å². The molecule has 3 rings (SSSR count). The minimum Gasteiger partial charge on any atom is -0.350 e. The van der Waals surface area contributed by atoms with Crippen LogP contribution in [0.5, 0.6) is 0 Å². The molecule has 0 aliphatic heterocycles. The van der Waals surface area contributed by atoms with Gasteiger partial charge in [-0.3, -0.25) is 4.79 Å². The van der Waals surface area contributed by atoms with E-state index in [0.29, 0.717) is 6.42 Å². The highest BCUT2D eigenvalue weighted by molar-refractivity contribution is 5.77. The van der Waals surface area contributed by atoms with Crippen molar-refractivity contribution in [3.8, 4) is 5.69 Å². The van der Waals surface area contributed by atoms with Gasteiger partial charge < -0.3 is 9.88 Å². The maximum Gasteiger partial charge on any atom is 0.221 e. The molecule has 2 aromatic carbocycles. The SMILES string of the molecule is CC(CC(=O)NC(C)c1ccc(-n2ccnc2)cc1)c1ccccc1. The third-order valence-corrected chi connectivity index (χ3v) is 4.43. The van der Waals surface area contributed by atoms with Gasteiger partial charge in [-0.2, -0.15) is 0 Å². The number of hydrogen-bond donors (Lipinski definition) is 1. The Labute approximate surface area is 148 Å². The predicted octanol–water partition coefficient (Wildman–Crippen LogP) is 4.24. The molecular weight excluding hydrogens is 310 g/mol. The van der Waals surface area contributed by atoms with Crippen LogP contribution in [0.1, 0.15) is 43.4 Å². The number of hydrogen-bond acceptors (Lipinski definition) is 2. The van der Waals surface area contributed by atoms with E-state index in [1.807, 2.05) is 60.2 Å². The van der Waals surface area contributed by atoms with Gasteiger partial charge in [0, 0.05) is 24.5 Å². The Kier molecular flexibility index (Phi) is 5.29. The first-order valence-electron chi connectivity index (χ1n) is 8.56. The molecule has 2 unspecified atom stereocenters. The van der Waals surface area contributed by atoms with E-state index in [-0.39, 0.29) is 17.9 Å². The minimum atomic E-state index is -0.0210. The van der Waals surface area contributed by atoms with Crippen molar-refractivity contribution in [2.45, 2.75) is 32.2 Å². The molecule has 1 heterocycles. The van der Waals surface area contributed by atoms with Crippen molar-refractivity contribution in [1.29, 1.82) is 0 Å². The van der Waals surface area contributed by atoms with E-state index in [1.54, 1.807) is 12.5 Å². The fourth-order valence-electron chi connectivity index (χ4n) is 2.91. The van der Waals surface area contributed by atoms with Crippen LogP contribution in [0.25, 0.3) is 5.69 Å². The van der Waals surface area contributed by atoms with Gasteiger partial charge in [-0.05, 0) is 36.1 Å². The molecule has 0 spiro atoms. The van der Waals surface area contributed by atoms with Crippen LogP contribution in [0.15, 0.2) is 73.3 Å². The van der Waals surface area contributed by atoms with Gasteiger partial charge in [-0.15, -0.1) is 0 Å².